The number of H-pyrrole nitrogens is 1. The number of hydrogen-bond acceptors (Lipinski definition) is 4. The SMILES string of the molecule is COc1ccc(CNc2cc(=S)nc(C(C)(C)C)[nH]2)cc1. The molecule has 1 aromatic carbocycles. The molecule has 0 aliphatic rings. The smallest absolute Gasteiger partial charge is 0.131 e. The van der Waals surface area contributed by atoms with E-state index in [9.17, 15) is 0 Å². The van der Waals surface area contributed by atoms with E-state index in [1.165, 1.54) is 5.56 Å². The molecule has 0 fully saturated rings. The molecule has 5 heteroatoms. The second-order valence-electron chi connectivity index (χ2n) is 5.93. The van der Waals surface area contributed by atoms with Crippen LogP contribution >= 0.6 is 12.2 Å². The second kappa shape index (κ2) is 6.26. The van der Waals surface area contributed by atoms with Gasteiger partial charge < -0.3 is 15.0 Å². The zero-order chi connectivity index (χ0) is 15.5. The minimum Gasteiger partial charge on any atom is -0.497 e. The van der Waals surface area contributed by atoms with Crippen molar-refractivity contribution in [2.75, 3.05) is 12.4 Å². The van der Waals surface area contributed by atoms with Crippen molar-refractivity contribution in [3.05, 3.63) is 46.4 Å². The van der Waals surface area contributed by atoms with E-state index >= 15 is 0 Å². The van der Waals surface area contributed by atoms with E-state index < -0.39 is 0 Å². The van der Waals surface area contributed by atoms with Gasteiger partial charge in [-0.05, 0) is 17.7 Å². The van der Waals surface area contributed by atoms with Crippen molar-refractivity contribution in [1.82, 2.24) is 9.97 Å². The van der Waals surface area contributed by atoms with Crippen LogP contribution < -0.4 is 10.1 Å². The number of methoxy groups -OCH3 is 1. The van der Waals surface area contributed by atoms with E-state index in [2.05, 4.69) is 36.1 Å². The standard InChI is InChI=1S/C16H21N3OS/c1-16(2,3)15-18-13(9-14(21)19-15)17-10-11-5-7-12(20-4)8-6-11/h5-9H,10H2,1-4H3,(H2,17,18,19,21). The Balaban J connectivity index is 2.12. The summed E-state index contributed by atoms with van der Waals surface area (Å²) in [7, 11) is 1.67. The van der Waals surface area contributed by atoms with Gasteiger partial charge in [0.1, 0.15) is 22.0 Å². The third-order valence-electron chi connectivity index (χ3n) is 3.10. The number of hydrogen-bond donors (Lipinski definition) is 2. The molecule has 0 atom stereocenters. The predicted molar refractivity (Wildman–Crippen MR) is 88.4 cm³/mol. The fourth-order valence-corrected chi connectivity index (χ4v) is 2.06. The number of anilines is 1. The first-order chi connectivity index (χ1) is 9.88. The van der Waals surface area contributed by atoms with Crippen LogP contribution in [-0.4, -0.2) is 17.1 Å². The van der Waals surface area contributed by atoms with Gasteiger partial charge in [-0.3, -0.25) is 0 Å². The van der Waals surface area contributed by atoms with Crippen LogP contribution in [0.1, 0.15) is 32.2 Å². The summed E-state index contributed by atoms with van der Waals surface area (Å²) in [5.41, 5.74) is 1.11. The molecule has 0 unspecified atom stereocenters. The molecule has 2 N–H and O–H groups in total. The lowest BCUT2D eigenvalue weighted by atomic mass is 9.96. The van der Waals surface area contributed by atoms with Gasteiger partial charge in [0.05, 0.1) is 7.11 Å². The van der Waals surface area contributed by atoms with Gasteiger partial charge in [0.15, 0.2) is 0 Å². The van der Waals surface area contributed by atoms with E-state index in [-0.39, 0.29) is 5.41 Å². The van der Waals surface area contributed by atoms with Crippen LogP contribution in [0.5, 0.6) is 5.75 Å². The summed E-state index contributed by atoms with van der Waals surface area (Å²) in [5, 5.41) is 3.35. The minimum absolute atomic E-state index is 0.0641. The molecule has 0 saturated carbocycles. The fraction of sp³-hybridized carbons (Fsp3) is 0.375. The summed E-state index contributed by atoms with van der Waals surface area (Å²) in [5.74, 6) is 2.63. The highest BCUT2D eigenvalue weighted by Crippen LogP contribution is 2.20. The van der Waals surface area contributed by atoms with Crippen LogP contribution in [0.15, 0.2) is 30.3 Å². The summed E-state index contributed by atoms with van der Waals surface area (Å²) in [6.07, 6.45) is 0. The maximum Gasteiger partial charge on any atom is 0.131 e. The molecule has 1 aromatic heterocycles. The summed E-state index contributed by atoms with van der Waals surface area (Å²) in [6.45, 7) is 7.03. The molecule has 2 aromatic rings. The maximum absolute atomic E-state index is 5.23. The van der Waals surface area contributed by atoms with Crippen molar-refractivity contribution in [1.29, 1.82) is 0 Å². The van der Waals surface area contributed by atoms with E-state index in [1.54, 1.807) is 7.11 Å². The topological polar surface area (TPSA) is 49.9 Å². The van der Waals surface area contributed by atoms with Crippen molar-refractivity contribution in [3.63, 3.8) is 0 Å². The molecule has 0 spiro atoms. The maximum atomic E-state index is 5.23. The predicted octanol–water partition coefficient (Wildman–Crippen LogP) is 4.06. The van der Waals surface area contributed by atoms with Gasteiger partial charge in [-0.2, -0.15) is 0 Å². The van der Waals surface area contributed by atoms with Gasteiger partial charge in [-0.1, -0.05) is 45.1 Å². The Morgan fingerprint density at radius 3 is 2.48 bits per heavy atom. The molecule has 0 radical (unpaired) electrons. The molecule has 0 aliphatic carbocycles. The average Bonchev–Trinajstić information content (AvgIpc) is 2.44. The highest BCUT2D eigenvalue weighted by molar-refractivity contribution is 7.71. The van der Waals surface area contributed by atoms with Gasteiger partial charge in [-0.15, -0.1) is 0 Å². The van der Waals surface area contributed by atoms with E-state index in [1.807, 2.05) is 30.3 Å². The van der Waals surface area contributed by atoms with Crippen LogP contribution in [0.4, 0.5) is 5.82 Å². The Kier molecular flexibility index (Phi) is 4.63. The van der Waals surface area contributed by atoms with Crippen LogP contribution in [0.3, 0.4) is 0 Å². The first-order valence-electron chi connectivity index (χ1n) is 6.87. The highest BCUT2D eigenvalue weighted by Gasteiger charge is 2.16. The number of nitrogens with zero attached hydrogens (tertiary/aromatic N) is 1. The van der Waals surface area contributed by atoms with Crippen molar-refractivity contribution >= 4 is 18.0 Å². The van der Waals surface area contributed by atoms with E-state index in [0.717, 1.165) is 17.4 Å². The van der Waals surface area contributed by atoms with Crippen LogP contribution in [0.25, 0.3) is 0 Å². The van der Waals surface area contributed by atoms with Crippen LogP contribution in [0.2, 0.25) is 0 Å². The average molecular weight is 303 g/mol. The third-order valence-corrected chi connectivity index (χ3v) is 3.30. The number of ether oxygens (including phenoxy) is 1. The second-order valence-corrected chi connectivity index (χ2v) is 6.35. The molecule has 0 saturated heterocycles. The number of nitrogens with one attached hydrogen (secondary N) is 2. The summed E-state index contributed by atoms with van der Waals surface area (Å²) in [4.78, 5) is 7.69. The Morgan fingerprint density at radius 1 is 1.24 bits per heavy atom. The lowest BCUT2D eigenvalue weighted by Gasteiger charge is -2.18. The molecular weight excluding hydrogens is 282 g/mol. The Morgan fingerprint density at radius 2 is 1.90 bits per heavy atom. The number of aromatic amines is 1. The molecule has 0 aliphatic heterocycles. The van der Waals surface area contributed by atoms with Crippen molar-refractivity contribution in [3.8, 4) is 5.75 Å². The molecule has 0 amide bonds. The lowest BCUT2D eigenvalue weighted by molar-refractivity contribution is 0.414. The first kappa shape index (κ1) is 15.5. The number of rotatable bonds is 4. The molecule has 1 heterocycles. The van der Waals surface area contributed by atoms with Gasteiger partial charge in [0.25, 0.3) is 0 Å². The van der Waals surface area contributed by atoms with Crippen molar-refractivity contribution in [2.45, 2.75) is 32.7 Å². The normalized spacial score (nSPS) is 11.2. The van der Waals surface area contributed by atoms with E-state index in [4.69, 9.17) is 17.0 Å². The minimum atomic E-state index is -0.0641. The van der Waals surface area contributed by atoms with Gasteiger partial charge >= 0.3 is 0 Å². The summed E-state index contributed by atoms with van der Waals surface area (Å²) in [6, 6.07) is 9.81. The zero-order valence-corrected chi connectivity index (χ0v) is 13.7. The number of aromatic nitrogens is 2. The fourth-order valence-electron chi connectivity index (χ4n) is 1.85. The third kappa shape index (κ3) is 4.29. The Bertz CT molecular complexity index is 656. The summed E-state index contributed by atoms with van der Waals surface area (Å²) >= 11 is 5.23. The van der Waals surface area contributed by atoms with Gasteiger partial charge in [0, 0.05) is 18.0 Å². The molecular formula is C16H21N3OS. The highest BCUT2D eigenvalue weighted by atomic mass is 32.1. The van der Waals surface area contributed by atoms with Gasteiger partial charge in [0.2, 0.25) is 0 Å². The molecule has 2 rings (SSSR count). The largest absolute Gasteiger partial charge is 0.497 e. The molecule has 112 valence electrons. The Labute approximate surface area is 130 Å². The van der Waals surface area contributed by atoms with E-state index in [0.29, 0.717) is 11.2 Å². The molecule has 4 nitrogen and oxygen atoms in total. The monoisotopic (exact) mass is 303 g/mol. The quantitative estimate of drug-likeness (QED) is 0.836. The molecule has 21 heavy (non-hydrogen) atoms. The summed E-state index contributed by atoms with van der Waals surface area (Å²) < 4.78 is 5.75. The zero-order valence-electron chi connectivity index (χ0n) is 12.9. The first-order valence-corrected chi connectivity index (χ1v) is 7.28. The Hall–Kier alpha value is -1.88. The van der Waals surface area contributed by atoms with Crippen molar-refractivity contribution in [2.24, 2.45) is 0 Å². The van der Waals surface area contributed by atoms with Crippen molar-refractivity contribution < 1.29 is 4.74 Å². The van der Waals surface area contributed by atoms with Gasteiger partial charge in [-0.25, -0.2) is 4.98 Å². The number of benzene rings is 1. The molecule has 0 bridgehead atoms. The lowest BCUT2D eigenvalue weighted by Crippen LogP contribution is -2.17. The van der Waals surface area contributed by atoms with Crippen LogP contribution in [0, 0.1) is 4.64 Å². The van der Waals surface area contributed by atoms with Crippen LogP contribution in [-0.2, 0) is 12.0 Å².